The van der Waals surface area contributed by atoms with Gasteiger partial charge in [0, 0.05) is 13.6 Å². The third kappa shape index (κ3) is 2.51. The van der Waals surface area contributed by atoms with Crippen molar-refractivity contribution >= 4 is 15.7 Å². The van der Waals surface area contributed by atoms with Crippen molar-refractivity contribution in [2.75, 3.05) is 19.3 Å². The van der Waals surface area contributed by atoms with Gasteiger partial charge in [0.25, 0.3) is 0 Å². The van der Waals surface area contributed by atoms with Crippen LogP contribution < -0.4 is 5.73 Å². The normalized spacial score (nSPS) is 12.0. The maximum Gasteiger partial charge on any atom is 0.242 e. The Morgan fingerprint density at radius 1 is 1.44 bits per heavy atom. The Balaban J connectivity index is 3.12. The van der Waals surface area contributed by atoms with Gasteiger partial charge in [-0.05, 0) is 24.6 Å². The smallest absolute Gasteiger partial charge is 0.242 e. The van der Waals surface area contributed by atoms with Crippen molar-refractivity contribution in [1.29, 1.82) is 0 Å². The van der Waals surface area contributed by atoms with Crippen molar-refractivity contribution in [3.05, 3.63) is 24.0 Å². The molecule has 0 bridgehead atoms. The lowest BCUT2D eigenvalue weighted by Gasteiger charge is -2.16. The molecule has 0 atom stereocenters. The fraction of sp³-hybridized carbons (Fsp3) is 0.400. The lowest BCUT2D eigenvalue weighted by atomic mass is 10.3. The first-order valence-corrected chi connectivity index (χ1v) is 6.35. The Morgan fingerprint density at radius 3 is 2.56 bits per heavy atom. The molecule has 0 unspecified atom stereocenters. The van der Waals surface area contributed by atoms with Gasteiger partial charge in [0.05, 0.1) is 10.6 Å². The molecule has 6 heteroatoms. The molecule has 0 heterocycles. The van der Waals surface area contributed by atoms with Crippen LogP contribution in [0.2, 0.25) is 0 Å². The van der Waals surface area contributed by atoms with Crippen LogP contribution in [0.15, 0.2) is 23.1 Å². The van der Waals surface area contributed by atoms with Gasteiger partial charge in [-0.1, -0.05) is 6.92 Å². The standard InChI is InChI=1S/C10H15FN2O2S/c1-3-6-13(2)16(14,15)8-4-5-9(11)10(12)7-8/h4-5,7H,3,6,12H2,1-2H3. The number of halogens is 1. The SMILES string of the molecule is CCCN(C)S(=O)(=O)c1ccc(F)c(N)c1. The van der Waals surface area contributed by atoms with E-state index in [-0.39, 0.29) is 10.6 Å². The average Bonchev–Trinajstić information content (AvgIpc) is 2.22. The van der Waals surface area contributed by atoms with E-state index in [0.717, 1.165) is 12.1 Å². The molecular formula is C10H15FN2O2S. The molecule has 4 nitrogen and oxygen atoms in total. The molecule has 1 aromatic carbocycles. The molecule has 0 aliphatic heterocycles. The number of hydrogen-bond acceptors (Lipinski definition) is 3. The topological polar surface area (TPSA) is 63.4 Å². The Morgan fingerprint density at radius 2 is 2.06 bits per heavy atom. The molecule has 0 aliphatic rings. The van der Waals surface area contributed by atoms with Gasteiger partial charge in [0.1, 0.15) is 5.82 Å². The summed E-state index contributed by atoms with van der Waals surface area (Å²) in [5.41, 5.74) is 5.17. The van der Waals surface area contributed by atoms with Crippen molar-refractivity contribution < 1.29 is 12.8 Å². The Hall–Kier alpha value is -1.14. The van der Waals surface area contributed by atoms with Crippen molar-refractivity contribution in [3.63, 3.8) is 0 Å². The number of nitrogens with two attached hydrogens (primary N) is 1. The summed E-state index contributed by atoms with van der Waals surface area (Å²) in [6.45, 7) is 2.30. The minimum Gasteiger partial charge on any atom is -0.396 e. The third-order valence-corrected chi connectivity index (χ3v) is 4.07. The summed E-state index contributed by atoms with van der Waals surface area (Å²) in [6.07, 6.45) is 0.715. The zero-order valence-corrected chi connectivity index (χ0v) is 10.1. The number of sulfonamides is 1. The largest absolute Gasteiger partial charge is 0.396 e. The van der Waals surface area contributed by atoms with Crippen LogP contribution in [0.1, 0.15) is 13.3 Å². The van der Waals surface area contributed by atoms with Gasteiger partial charge in [-0.15, -0.1) is 0 Å². The van der Waals surface area contributed by atoms with Crippen LogP contribution in [0, 0.1) is 5.82 Å². The molecule has 1 aromatic rings. The van der Waals surface area contributed by atoms with Gasteiger partial charge in [-0.25, -0.2) is 17.1 Å². The minimum atomic E-state index is -3.55. The summed E-state index contributed by atoms with van der Waals surface area (Å²) < 4.78 is 38.0. The first-order valence-electron chi connectivity index (χ1n) is 4.91. The molecular weight excluding hydrogens is 231 g/mol. The zero-order chi connectivity index (χ0) is 12.3. The van der Waals surface area contributed by atoms with Gasteiger partial charge in [0.2, 0.25) is 10.0 Å². The van der Waals surface area contributed by atoms with Crippen molar-refractivity contribution in [2.24, 2.45) is 0 Å². The second-order valence-electron chi connectivity index (χ2n) is 3.51. The average molecular weight is 246 g/mol. The molecule has 1 rings (SSSR count). The highest BCUT2D eigenvalue weighted by Gasteiger charge is 2.20. The predicted octanol–water partition coefficient (Wildman–Crippen LogP) is 1.44. The summed E-state index contributed by atoms with van der Waals surface area (Å²) in [5.74, 6) is -0.614. The molecule has 0 saturated heterocycles. The fourth-order valence-corrected chi connectivity index (χ4v) is 2.60. The van der Waals surface area contributed by atoms with E-state index < -0.39 is 15.8 Å². The van der Waals surface area contributed by atoms with Gasteiger partial charge in [-0.2, -0.15) is 0 Å². The number of rotatable bonds is 4. The molecule has 0 aliphatic carbocycles. The molecule has 0 aromatic heterocycles. The predicted molar refractivity (Wildman–Crippen MR) is 60.9 cm³/mol. The monoisotopic (exact) mass is 246 g/mol. The number of hydrogen-bond donors (Lipinski definition) is 1. The van der Waals surface area contributed by atoms with E-state index in [4.69, 9.17) is 5.73 Å². The summed E-state index contributed by atoms with van der Waals surface area (Å²) in [4.78, 5) is 0.0161. The van der Waals surface area contributed by atoms with Crippen molar-refractivity contribution in [1.82, 2.24) is 4.31 Å². The summed E-state index contributed by atoms with van der Waals surface area (Å²) in [5, 5.41) is 0. The van der Waals surface area contributed by atoms with Crippen LogP contribution in [0.5, 0.6) is 0 Å². The van der Waals surface area contributed by atoms with Gasteiger partial charge >= 0.3 is 0 Å². The Bertz CT molecular complexity index is 474. The lowest BCUT2D eigenvalue weighted by molar-refractivity contribution is 0.468. The van der Waals surface area contributed by atoms with E-state index in [9.17, 15) is 12.8 Å². The molecule has 0 fully saturated rings. The molecule has 0 spiro atoms. The maximum atomic E-state index is 12.9. The first-order chi connectivity index (χ1) is 7.39. The molecule has 0 radical (unpaired) electrons. The van der Waals surface area contributed by atoms with Gasteiger partial charge in [0.15, 0.2) is 0 Å². The maximum absolute atomic E-state index is 12.9. The van der Waals surface area contributed by atoms with Crippen LogP contribution >= 0.6 is 0 Å². The quantitative estimate of drug-likeness (QED) is 0.818. The number of benzene rings is 1. The van der Waals surface area contributed by atoms with Crippen LogP contribution in [0.4, 0.5) is 10.1 Å². The van der Waals surface area contributed by atoms with Crippen LogP contribution in [-0.4, -0.2) is 26.3 Å². The second-order valence-corrected chi connectivity index (χ2v) is 5.55. The highest BCUT2D eigenvalue weighted by atomic mass is 32.2. The summed E-state index contributed by atoms with van der Waals surface area (Å²) in [7, 11) is -2.07. The number of nitrogens with zero attached hydrogens (tertiary/aromatic N) is 1. The number of nitrogen functional groups attached to an aromatic ring is 1. The van der Waals surface area contributed by atoms with Gasteiger partial charge < -0.3 is 5.73 Å². The van der Waals surface area contributed by atoms with E-state index in [0.29, 0.717) is 13.0 Å². The van der Waals surface area contributed by atoms with Crippen LogP contribution in [-0.2, 0) is 10.0 Å². The highest BCUT2D eigenvalue weighted by molar-refractivity contribution is 7.89. The fourth-order valence-electron chi connectivity index (χ4n) is 1.30. The highest BCUT2D eigenvalue weighted by Crippen LogP contribution is 2.19. The Labute approximate surface area is 94.9 Å². The molecule has 2 N–H and O–H groups in total. The lowest BCUT2D eigenvalue weighted by Crippen LogP contribution is -2.27. The van der Waals surface area contributed by atoms with Gasteiger partial charge in [-0.3, -0.25) is 0 Å². The zero-order valence-electron chi connectivity index (χ0n) is 9.27. The molecule has 90 valence electrons. The summed E-state index contributed by atoms with van der Waals surface area (Å²) >= 11 is 0. The Kier molecular flexibility index (Phi) is 3.88. The second kappa shape index (κ2) is 4.80. The summed E-state index contributed by atoms with van der Waals surface area (Å²) in [6, 6.07) is 3.41. The molecule has 0 amide bonds. The minimum absolute atomic E-state index is 0.0161. The van der Waals surface area contributed by atoms with E-state index in [2.05, 4.69) is 0 Å². The third-order valence-electron chi connectivity index (χ3n) is 2.21. The number of anilines is 1. The van der Waals surface area contributed by atoms with Crippen molar-refractivity contribution in [2.45, 2.75) is 18.2 Å². The van der Waals surface area contributed by atoms with Crippen molar-refractivity contribution in [3.8, 4) is 0 Å². The van der Waals surface area contributed by atoms with E-state index in [1.165, 1.54) is 17.4 Å². The van der Waals surface area contributed by atoms with E-state index in [1.807, 2.05) is 6.92 Å². The van der Waals surface area contributed by atoms with E-state index >= 15 is 0 Å². The van der Waals surface area contributed by atoms with E-state index in [1.54, 1.807) is 0 Å². The van der Waals surface area contributed by atoms with Crippen LogP contribution in [0.3, 0.4) is 0 Å². The van der Waals surface area contributed by atoms with Crippen LogP contribution in [0.25, 0.3) is 0 Å². The molecule has 0 saturated carbocycles. The first kappa shape index (κ1) is 12.9. The molecule has 16 heavy (non-hydrogen) atoms.